The minimum Gasteiger partial charge on any atom is -0.481 e. The first-order chi connectivity index (χ1) is 18.3. The fraction of sp³-hybridized carbons (Fsp3) is 0.192. The van der Waals surface area contributed by atoms with E-state index in [1.54, 1.807) is 0 Å². The quantitative estimate of drug-likeness (QED) is 0.226. The van der Waals surface area contributed by atoms with Crippen molar-refractivity contribution in [3.63, 3.8) is 0 Å². The highest BCUT2D eigenvalue weighted by atomic mass is 32.2. The number of carbonyl (C=O) groups is 1. The number of aryl methyl sites for hydroxylation is 1. The zero-order valence-electron chi connectivity index (χ0n) is 19.8. The molecule has 13 heteroatoms. The van der Waals surface area contributed by atoms with Crippen molar-refractivity contribution in [1.29, 1.82) is 0 Å². The number of alkyl halides is 5. The summed E-state index contributed by atoms with van der Waals surface area (Å²) in [6.07, 6.45) is -5.10. The molecule has 0 aliphatic carbocycles. The molecule has 0 atom stereocenters. The van der Waals surface area contributed by atoms with Gasteiger partial charge in [0.15, 0.2) is 0 Å². The van der Waals surface area contributed by atoms with Gasteiger partial charge in [-0.1, -0.05) is 18.2 Å². The van der Waals surface area contributed by atoms with Crippen LogP contribution < -0.4 is 4.74 Å². The molecule has 39 heavy (non-hydrogen) atoms. The van der Waals surface area contributed by atoms with Gasteiger partial charge in [0, 0.05) is 23.6 Å². The zero-order valence-corrected chi connectivity index (χ0v) is 20.6. The molecule has 4 rings (SSSR count). The first-order valence-corrected chi connectivity index (χ1v) is 12.7. The summed E-state index contributed by atoms with van der Waals surface area (Å²) in [5.41, 5.74) is -0.780. The van der Waals surface area contributed by atoms with Crippen LogP contribution in [0.3, 0.4) is 0 Å². The topological polar surface area (TPSA) is 85.6 Å². The molecule has 0 spiro atoms. The lowest BCUT2D eigenvalue weighted by Crippen LogP contribution is -2.17. The first kappa shape index (κ1) is 28.0. The largest absolute Gasteiger partial charge is 0.481 e. The molecule has 0 aliphatic rings. The van der Waals surface area contributed by atoms with E-state index in [1.807, 2.05) is 0 Å². The van der Waals surface area contributed by atoms with Crippen LogP contribution in [0.15, 0.2) is 71.6 Å². The molecule has 0 aliphatic heterocycles. The van der Waals surface area contributed by atoms with E-state index in [9.17, 15) is 39.6 Å². The molecule has 0 saturated heterocycles. The van der Waals surface area contributed by atoms with E-state index in [0.717, 1.165) is 40.4 Å². The summed E-state index contributed by atoms with van der Waals surface area (Å²) in [5, 5.41) is 9.34. The van der Waals surface area contributed by atoms with E-state index in [-0.39, 0.29) is 41.6 Å². The van der Waals surface area contributed by atoms with Crippen LogP contribution in [-0.2, 0) is 27.4 Å². The number of benzene rings is 3. The van der Waals surface area contributed by atoms with Gasteiger partial charge in [-0.15, -0.1) is 0 Å². The lowest BCUT2D eigenvalue weighted by atomic mass is 10.0. The van der Waals surface area contributed by atoms with E-state index >= 15 is 0 Å². The summed E-state index contributed by atoms with van der Waals surface area (Å²) < 4.78 is 112. The Morgan fingerprint density at radius 3 is 2.38 bits per heavy atom. The van der Waals surface area contributed by atoms with Crippen LogP contribution in [0.4, 0.5) is 26.3 Å². The van der Waals surface area contributed by atoms with E-state index in [1.165, 1.54) is 24.3 Å². The molecule has 3 aromatic carbocycles. The third kappa shape index (κ3) is 6.19. The van der Waals surface area contributed by atoms with Gasteiger partial charge in [0.2, 0.25) is 0 Å². The number of rotatable bonds is 9. The Labute approximate surface area is 218 Å². The molecule has 0 bridgehead atoms. The summed E-state index contributed by atoms with van der Waals surface area (Å²) in [7, 11) is -4.65. The van der Waals surface area contributed by atoms with Crippen LogP contribution in [0.1, 0.15) is 24.1 Å². The van der Waals surface area contributed by atoms with E-state index in [4.69, 9.17) is 5.11 Å². The van der Waals surface area contributed by atoms with Crippen molar-refractivity contribution in [2.45, 2.75) is 36.9 Å². The summed E-state index contributed by atoms with van der Waals surface area (Å²) in [6, 6.07) is 11.8. The smallest absolute Gasteiger partial charge is 0.416 e. The standard InChI is InChI=1S/C26H19F6NO5S/c27-19-9-17(11-21(14-19)38-25(28)29)15-7-8-16-10-20(4-2-6-24(34)35)33(23(16)12-15)39(36,37)22-5-1-3-18(13-22)26(30,31)32/h1,3,5,7-14,25H,2,4,6H2,(H,34,35). The van der Waals surface area contributed by atoms with Crippen molar-refractivity contribution in [2.24, 2.45) is 0 Å². The molecule has 6 nitrogen and oxygen atoms in total. The van der Waals surface area contributed by atoms with Crippen LogP contribution in [0.2, 0.25) is 0 Å². The fourth-order valence-corrected chi connectivity index (χ4v) is 5.74. The highest BCUT2D eigenvalue weighted by Crippen LogP contribution is 2.35. The first-order valence-electron chi connectivity index (χ1n) is 11.3. The van der Waals surface area contributed by atoms with Crippen molar-refractivity contribution in [2.75, 3.05) is 0 Å². The third-order valence-electron chi connectivity index (χ3n) is 5.79. The fourth-order valence-electron chi connectivity index (χ4n) is 4.13. The molecule has 0 saturated carbocycles. The molecule has 1 N–H and O–H groups in total. The van der Waals surface area contributed by atoms with Gasteiger partial charge in [0.05, 0.1) is 16.0 Å². The molecule has 0 radical (unpaired) electrons. The maximum atomic E-state index is 14.1. The van der Waals surface area contributed by atoms with Gasteiger partial charge >= 0.3 is 18.8 Å². The minimum atomic E-state index is -4.81. The van der Waals surface area contributed by atoms with Crippen LogP contribution in [-0.4, -0.2) is 30.1 Å². The van der Waals surface area contributed by atoms with Crippen molar-refractivity contribution in [3.8, 4) is 16.9 Å². The lowest BCUT2D eigenvalue weighted by Gasteiger charge is -2.14. The number of carboxylic acid groups (broad SMARTS) is 1. The van der Waals surface area contributed by atoms with E-state index in [2.05, 4.69) is 4.74 Å². The highest BCUT2D eigenvalue weighted by Gasteiger charge is 2.32. The number of aliphatic carboxylic acids is 1. The lowest BCUT2D eigenvalue weighted by molar-refractivity contribution is -0.138. The zero-order chi connectivity index (χ0) is 28.5. The normalized spacial score (nSPS) is 12.3. The third-order valence-corrected chi connectivity index (χ3v) is 7.55. The summed E-state index contributed by atoms with van der Waals surface area (Å²) in [6.45, 7) is -3.22. The van der Waals surface area contributed by atoms with Gasteiger partial charge in [-0.25, -0.2) is 16.8 Å². The van der Waals surface area contributed by atoms with E-state index in [0.29, 0.717) is 11.5 Å². The maximum Gasteiger partial charge on any atom is 0.416 e. The van der Waals surface area contributed by atoms with Crippen LogP contribution in [0, 0.1) is 5.82 Å². The van der Waals surface area contributed by atoms with Gasteiger partial charge in [0.25, 0.3) is 10.0 Å². The summed E-state index contributed by atoms with van der Waals surface area (Å²) in [5.74, 6) is -2.49. The maximum absolute atomic E-state index is 14.1. The second kappa shape index (κ2) is 10.6. The van der Waals surface area contributed by atoms with Crippen LogP contribution in [0.5, 0.6) is 5.75 Å². The average molecular weight is 571 g/mol. The minimum absolute atomic E-state index is 0.0100. The SMILES string of the molecule is O=C(O)CCCc1cc2ccc(-c3cc(F)cc(OC(F)F)c3)cc2n1S(=O)(=O)c1cccc(C(F)(F)F)c1. The van der Waals surface area contributed by atoms with Gasteiger partial charge < -0.3 is 9.84 Å². The number of nitrogens with zero attached hydrogens (tertiary/aromatic N) is 1. The Hall–Kier alpha value is -4.00. The van der Waals surface area contributed by atoms with Gasteiger partial charge in [-0.2, -0.15) is 22.0 Å². The molecule has 4 aromatic rings. The second-order valence-electron chi connectivity index (χ2n) is 8.51. The Bertz CT molecular complexity index is 1650. The predicted octanol–water partition coefficient (Wildman–Crippen LogP) is 6.71. The van der Waals surface area contributed by atoms with Crippen molar-refractivity contribution < 1.29 is 49.4 Å². The van der Waals surface area contributed by atoms with Crippen molar-refractivity contribution >= 4 is 26.9 Å². The number of aromatic nitrogens is 1. The Morgan fingerprint density at radius 2 is 1.72 bits per heavy atom. The average Bonchev–Trinajstić information content (AvgIpc) is 3.20. The highest BCUT2D eigenvalue weighted by molar-refractivity contribution is 7.90. The van der Waals surface area contributed by atoms with Crippen LogP contribution >= 0.6 is 0 Å². The summed E-state index contributed by atoms with van der Waals surface area (Å²) >= 11 is 0. The number of hydrogen-bond donors (Lipinski definition) is 1. The molecule has 0 unspecified atom stereocenters. The summed E-state index contributed by atoms with van der Waals surface area (Å²) in [4.78, 5) is 10.3. The predicted molar refractivity (Wildman–Crippen MR) is 129 cm³/mol. The number of carboxylic acids is 1. The van der Waals surface area contributed by atoms with Crippen molar-refractivity contribution in [1.82, 2.24) is 3.97 Å². The molecule has 206 valence electrons. The molecular weight excluding hydrogens is 552 g/mol. The monoisotopic (exact) mass is 571 g/mol. The number of fused-ring (bicyclic) bond motifs is 1. The molecular formula is C26H19F6NO5S. The van der Waals surface area contributed by atoms with Gasteiger partial charge in [0.1, 0.15) is 11.6 Å². The Balaban J connectivity index is 1.91. The number of hydrogen-bond acceptors (Lipinski definition) is 4. The molecule has 1 heterocycles. The van der Waals surface area contributed by atoms with Crippen molar-refractivity contribution in [3.05, 3.63) is 83.8 Å². The Kier molecular flexibility index (Phi) is 7.64. The second-order valence-corrected chi connectivity index (χ2v) is 10.3. The van der Waals surface area contributed by atoms with Gasteiger partial charge in [-0.05, 0) is 66.4 Å². The van der Waals surface area contributed by atoms with Crippen LogP contribution in [0.25, 0.3) is 22.0 Å². The number of ether oxygens (including phenoxy) is 1. The number of halogens is 6. The van der Waals surface area contributed by atoms with E-state index < -0.39 is 50.8 Å². The molecule has 0 amide bonds. The molecule has 1 aromatic heterocycles. The molecule has 0 fully saturated rings. The Morgan fingerprint density at radius 1 is 0.974 bits per heavy atom. The van der Waals surface area contributed by atoms with Gasteiger partial charge in [-0.3, -0.25) is 4.79 Å².